The molecule has 0 amide bonds. The fraction of sp³-hybridized carbons (Fsp3) is 0.0588. The number of aromatic amines is 2. The zero-order valence-electron chi connectivity index (χ0n) is 11.8. The van der Waals surface area contributed by atoms with Gasteiger partial charge in [-0.2, -0.15) is 0 Å². The SMILES string of the molecule is c1ccc(-c2cnc(CSc3nc4ccccc4[nH]3)[nH]2)cc1. The van der Waals surface area contributed by atoms with E-state index in [1.165, 1.54) is 0 Å². The van der Waals surface area contributed by atoms with Gasteiger partial charge in [0.1, 0.15) is 5.82 Å². The molecule has 4 nitrogen and oxygen atoms in total. The molecule has 5 heteroatoms. The normalized spacial score (nSPS) is 11.1. The molecular weight excluding hydrogens is 292 g/mol. The van der Waals surface area contributed by atoms with Crippen LogP contribution in [-0.2, 0) is 5.75 Å². The van der Waals surface area contributed by atoms with Gasteiger partial charge >= 0.3 is 0 Å². The highest BCUT2D eigenvalue weighted by molar-refractivity contribution is 7.98. The van der Waals surface area contributed by atoms with E-state index in [-0.39, 0.29) is 0 Å². The summed E-state index contributed by atoms with van der Waals surface area (Å²) in [5.74, 6) is 1.71. The van der Waals surface area contributed by atoms with Gasteiger partial charge in [0.15, 0.2) is 5.16 Å². The van der Waals surface area contributed by atoms with Crippen molar-refractivity contribution in [2.75, 3.05) is 0 Å². The molecule has 0 bridgehead atoms. The Morgan fingerprint density at radius 2 is 1.73 bits per heavy atom. The van der Waals surface area contributed by atoms with Crippen molar-refractivity contribution in [3.63, 3.8) is 0 Å². The van der Waals surface area contributed by atoms with Gasteiger partial charge in [0.25, 0.3) is 0 Å². The number of nitrogens with one attached hydrogen (secondary N) is 2. The number of fused-ring (bicyclic) bond motifs is 1. The highest BCUT2D eigenvalue weighted by Gasteiger charge is 2.06. The Balaban J connectivity index is 1.49. The molecule has 0 radical (unpaired) electrons. The van der Waals surface area contributed by atoms with Crippen molar-refractivity contribution >= 4 is 22.8 Å². The van der Waals surface area contributed by atoms with Crippen molar-refractivity contribution < 1.29 is 0 Å². The van der Waals surface area contributed by atoms with Gasteiger partial charge in [0.2, 0.25) is 0 Å². The Hall–Kier alpha value is -2.53. The number of H-pyrrole nitrogens is 2. The first-order valence-electron chi connectivity index (χ1n) is 7.05. The van der Waals surface area contributed by atoms with Gasteiger partial charge in [-0.1, -0.05) is 54.2 Å². The van der Waals surface area contributed by atoms with Crippen LogP contribution in [0.4, 0.5) is 0 Å². The number of aromatic nitrogens is 4. The largest absolute Gasteiger partial charge is 0.341 e. The maximum absolute atomic E-state index is 4.56. The van der Waals surface area contributed by atoms with Crippen LogP contribution in [0.1, 0.15) is 5.82 Å². The number of thioether (sulfide) groups is 1. The van der Waals surface area contributed by atoms with E-state index < -0.39 is 0 Å². The molecule has 4 aromatic rings. The quantitative estimate of drug-likeness (QED) is 0.554. The summed E-state index contributed by atoms with van der Waals surface area (Å²) in [6.45, 7) is 0. The molecule has 2 aromatic heterocycles. The minimum atomic E-state index is 0.757. The fourth-order valence-corrected chi connectivity index (χ4v) is 3.10. The van der Waals surface area contributed by atoms with Gasteiger partial charge in [0.05, 0.1) is 28.7 Å². The molecule has 0 saturated heterocycles. The first-order valence-corrected chi connectivity index (χ1v) is 8.04. The average Bonchev–Trinajstić information content (AvgIpc) is 3.20. The summed E-state index contributed by atoms with van der Waals surface area (Å²) in [5.41, 5.74) is 4.25. The Morgan fingerprint density at radius 1 is 0.909 bits per heavy atom. The molecule has 0 fully saturated rings. The Kier molecular flexibility index (Phi) is 3.40. The molecule has 0 aliphatic rings. The van der Waals surface area contributed by atoms with Crippen molar-refractivity contribution in [3.8, 4) is 11.3 Å². The monoisotopic (exact) mass is 306 g/mol. The molecule has 0 saturated carbocycles. The molecule has 0 atom stereocenters. The fourth-order valence-electron chi connectivity index (χ4n) is 2.33. The van der Waals surface area contributed by atoms with Gasteiger partial charge in [-0.3, -0.25) is 0 Å². The van der Waals surface area contributed by atoms with Crippen LogP contribution in [-0.4, -0.2) is 19.9 Å². The van der Waals surface area contributed by atoms with E-state index in [0.717, 1.165) is 39.0 Å². The van der Waals surface area contributed by atoms with Crippen molar-refractivity contribution in [1.82, 2.24) is 19.9 Å². The van der Waals surface area contributed by atoms with Crippen molar-refractivity contribution in [1.29, 1.82) is 0 Å². The van der Waals surface area contributed by atoms with E-state index in [9.17, 15) is 0 Å². The molecule has 2 N–H and O–H groups in total. The minimum absolute atomic E-state index is 0.757. The van der Waals surface area contributed by atoms with E-state index >= 15 is 0 Å². The third kappa shape index (κ3) is 2.63. The van der Waals surface area contributed by atoms with Crippen LogP contribution in [0.3, 0.4) is 0 Å². The van der Waals surface area contributed by atoms with Crippen molar-refractivity contribution in [2.45, 2.75) is 10.9 Å². The summed E-state index contributed by atoms with van der Waals surface area (Å²) < 4.78 is 0. The minimum Gasteiger partial charge on any atom is -0.341 e. The maximum Gasteiger partial charge on any atom is 0.166 e. The molecule has 0 unspecified atom stereocenters. The first kappa shape index (κ1) is 13.2. The zero-order valence-corrected chi connectivity index (χ0v) is 12.6. The molecule has 22 heavy (non-hydrogen) atoms. The number of nitrogens with zero attached hydrogens (tertiary/aromatic N) is 2. The molecule has 4 rings (SSSR count). The maximum atomic E-state index is 4.56. The topological polar surface area (TPSA) is 57.4 Å². The van der Waals surface area contributed by atoms with Crippen molar-refractivity contribution in [3.05, 3.63) is 66.6 Å². The lowest BCUT2D eigenvalue weighted by atomic mass is 10.2. The Labute approximate surface area is 132 Å². The highest BCUT2D eigenvalue weighted by atomic mass is 32.2. The van der Waals surface area contributed by atoms with Crippen molar-refractivity contribution in [2.24, 2.45) is 0 Å². The molecule has 108 valence electrons. The van der Waals surface area contributed by atoms with Gasteiger partial charge in [-0.15, -0.1) is 0 Å². The third-order valence-electron chi connectivity index (χ3n) is 3.43. The van der Waals surface area contributed by atoms with Crippen LogP contribution in [0.2, 0.25) is 0 Å². The first-order chi connectivity index (χ1) is 10.9. The molecule has 0 aliphatic carbocycles. The Morgan fingerprint density at radius 3 is 2.59 bits per heavy atom. The summed E-state index contributed by atoms with van der Waals surface area (Å²) in [4.78, 5) is 15.7. The predicted octanol–water partition coefficient (Wildman–Crippen LogP) is 4.25. The van der Waals surface area contributed by atoms with Gasteiger partial charge in [0, 0.05) is 0 Å². The molecule has 0 aliphatic heterocycles. The summed E-state index contributed by atoms with van der Waals surface area (Å²) >= 11 is 1.65. The molecule has 0 spiro atoms. The van der Waals surface area contributed by atoms with Crippen LogP contribution < -0.4 is 0 Å². The smallest absolute Gasteiger partial charge is 0.166 e. The van der Waals surface area contributed by atoms with Gasteiger partial charge < -0.3 is 9.97 Å². The van der Waals surface area contributed by atoms with E-state index in [2.05, 4.69) is 32.1 Å². The number of para-hydroxylation sites is 2. The zero-order chi connectivity index (χ0) is 14.8. The second kappa shape index (κ2) is 5.69. The van der Waals surface area contributed by atoms with Crippen LogP contribution in [0, 0.1) is 0 Å². The van der Waals surface area contributed by atoms with Crippen LogP contribution in [0.5, 0.6) is 0 Å². The highest BCUT2D eigenvalue weighted by Crippen LogP contribution is 2.23. The van der Waals surface area contributed by atoms with E-state index in [0.29, 0.717) is 0 Å². The number of imidazole rings is 2. The van der Waals surface area contributed by atoms with E-state index in [4.69, 9.17) is 0 Å². The Bertz CT molecular complexity index is 862. The second-order valence-corrected chi connectivity index (χ2v) is 5.92. The van der Waals surface area contributed by atoms with E-state index in [1.807, 2.05) is 48.7 Å². The lowest BCUT2D eigenvalue weighted by molar-refractivity contribution is 1.06. The van der Waals surface area contributed by atoms with E-state index in [1.54, 1.807) is 11.8 Å². The lowest BCUT2D eigenvalue weighted by Crippen LogP contribution is -1.85. The standard InChI is InChI=1S/C17H14N4S/c1-2-6-12(7-3-1)15-10-18-16(19-15)11-22-17-20-13-8-4-5-9-14(13)21-17/h1-10H,11H2,(H,18,19)(H,20,21). The molecule has 2 aromatic carbocycles. The number of rotatable bonds is 4. The number of hydrogen-bond donors (Lipinski definition) is 2. The predicted molar refractivity (Wildman–Crippen MR) is 89.7 cm³/mol. The summed E-state index contributed by atoms with van der Waals surface area (Å²) in [7, 11) is 0. The van der Waals surface area contributed by atoms with Crippen LogP contribution in [0.25, 0.3) is 22.3 Å². The van der Waals surface area contributed by atoms with Crippen LogP contribution >= 0.6 is 11.8 Å². The third-order valence-corrected chi connectivity index (χ3v) is 4.31. The average molecular weight is 306 g/mol. The summed E-state index contributed by atoms with van der Waals surface area (Å²) in [5, 5.41) is 0.916. The molecule has 2 heterocycles. The number of benzene rings is 2. The summed E-state index contributed by atoms with van der Waals surface area (Å²) in [6.07, 6.45) is 1.88. The van der Waals surface area contributed by atoms with Crippen LogP contribution in [0.15, 0.2) is 66.0 Å². The van der Waals surface area contributed by atoms with Gasteiger partial charge in [-0.05, 0) is 17.7 Å². The summed E-state index contributed by atoms with van der Waals surface area (Å²) in [6, 6.07) is 18.3. The second-order valence-electron chi connectivity index (χ2n) is 4.96. The van der Waals surface area contributed by atoms with Gasteiger partial charge in [-0.25, -0.2) is 9.97 Å². The number of hydrogen-bond acceptors (Lipinski definition) is 3. The lowest BCUT2D eigenvalue weighted by Gasteiger charge is -1.96. The molecular formula is C17H14N4S.